The van der Waals surface area contributed by atoms with Gasteiger partial charge in [0.1, 0.15) is 17.3 Å². The Balaban J connectivity index is 2.30. The lowest BCUT2D eigenvalue weighted by Gasteiger charge is -2.14. The van der Waals surface area contributed by atoms with Gasteiger partial charge in [0, 0.05) is 12.1 Å². The van der Waals surface area contributed by atoms with Gasteiger partial charge in [-0.05, 0) is 50.5 Å². The Morgan fingerprint density at radius 1 is 1.15 bits per heavy atom. The number of halogens is 1. The minimum atomic E-state index is -0.261. The predicted molar refractivity (Wildman–Crippen MR) is 79.7 cm³/mol. The second-order valence-corrected chi connectivity index (χ2v) is 5.31. The second kappa shape index (κ2) is 6.06. The van der Waals surface area contributed by atoms with E-state index in [4.69, 9.17) is 10.5 Å². The van der Waals surface area contributed by atoms with Gasteiger partial charge < -0.3 is 10.5 Å². The Morgan fingerprint density at radius 2 is 1.90 bits per heavy atom. The van der Waals surface area contributed by atoms with E-state index in [0.29, 0.717) is 11.3 Å². The molecule has 0 spiro atoms. The minimum Gasteiger partial charge on any atom is -0.457 e. The lowest BCUT2D eigenvalue weighted by molar-refractivity contribution is 0.467. The van der Waals surface area contributed by atoms with E-state index in [1.54, 1.807) is 19.1 Å². The van der Waals surface area contributed by atoms with Crippen molar-refractivity contribution in [1.29, 1.82) is 0 Å². The molecule has 2 rings (SSSR count). The normalized spacial score (nSPS) is 12.2. The smallest absolute Gasteiger partial charge is 0.130 e. The van der Waals surface area contributed by atoms with Gasteiger partial charge in [0.15, 0.2) is 0 Å². The molecule has 0 aliphatic carbocycles. The highest BCUT2D eigenvalue weighted by Crippen LogP contribution is 2.28. The monoisotopic (exact) mass is 273 g/mol. The van der Waals surface area contributed by atoms with Crippen molar-refractivity contribution in [2.24, 2.45) is 5.73 Å². The molecule has 0 aliphatic heterocycles. The maximum Gasteiger partial charge on any atom is 0.130 e. The average molecular weight is 273 g/mol. The van der Waals surface area contributed by atoms with Crippen LogP contribution in [0.4, 0.5) is 4.39 Å². The number of benzene rings is 2. The lowest BCUT2D eigenvalue weighted by atomic mass is 10.0. The molecule has 0 aromatic heterocycles. The van der Waals surface area contributed by atoms with Gasteiger partial charge in [0.25, 0.3) is 0 Å². The van der Waals surface area contributed by atoms with E-state index in [1.165, 1.54) is 6.07 Å². The fourth-order valence-corrected chi connectivity index (χ4v) is 2.08. The van der Waals surface area contributed by atoms with E-state index in [2.05, 4.69) is 6.07 Å². The Kier molecular flexibility index (Phi) is 4.40. The van der Waals surface area contributed by atoms with Gasteiger partial charge in [-0.3, -0.25) is 0 Å². The Labute approximate surface area is 119 Å². The van der Waals surface area contributed by atoms with Crippen molar-refractivity contribution in [2.45, 2.75) is 33.2 Å². The molecule has 0 saturated heterocycles. The van der Waals surface area contributed by atoms with Gasteiger partial charge in [0.2, 0.25) is 0 Å². The van der Waals surface area contributed by atoms with Crippen molar-refractivity contribution in [3.05, 3.63) is 58.9 Å². The topological polar surface area (TPSA) is 35.2 Å². The zero-order valence-electron chi connectivity index (χ0n) is 12.1. The van der Waals surface area contributed by atoms with Crippen LogP contribution in [0.1, 0.15) is 23.6 Å². The Bertz CT molecular complexity index is 608. The first kappa shape index (κ1) is 14.5. The molecule has 3 heteroatoms. The first-order valence-corrected chi connectivity index (χ1v) is 6.75. The van der Waals surface area contributed by atoms with Gasteiger partial charge in [-0.1, -0.05) is 23.8 Å². The summed E-state index contributed by atoms with van der Waals surface area (Å²) >= 11 is 0. The van der Waals surface area contributed by atoms with Crippen LogP contribution in [0.25, 0.3) is 0 Å². The van der Waals surface area contributed by atoms with E-state index in [1.807, 2.05) is 26.0 Å². The minimum absolute atomic E-state index is 0.0499. The lowest BCUT2D eigenvalue weighted by Crippen LogP contribution is -2.18. The van der Waals surface area contributed by atoms with Crippen molar-refractivity contribution < 1.29 is 9.13 Å². The van der Waals surface area contributed by atoms with Gasteiger partial charge in [0.05, 0.1) is 0 Å². The van der Waals surface area contributed by atoms with Crippen molar-refractivity contribution in [2.75, 3.05) is 0 Å². The van der Waals surface area contributed by atoms with Gasteiger partial charge in [-0.2, -0.15) is 0 Å². The van der Waals surface area contributed by atoms with Gasteiger partial charge >= 0.3 is 0 Å². The Morgan fingerprint density at radius 3 is 2.55 bits per heavy atom. The van der Waals surface area contributed by atoms with Crippen LogP contribution in [0.2, 0.25) is 0 Å². The van der Waals surface area contributed by atoms with E-state index in [-0.39, 0.29) is 11.9 Å². The fraction of sp³-hybridized carbons (Fsp3) is 0.294. The molecule has 0 bridgehead atoms. The van der Waals surface area contributed by atoms with Crippen LogP contribution in [0.5, 0.6) is 11.5 Å². The highest BCUT2D eigenvalue weighted by Gasteiger charge is 2.09. The summed E-state index contributed by atoms with van der Waals surface area (Å²) in [7, 11) is 0. The standard InChI is InChI=1S/C17H20FNO/c1-11-4-7-17(14(8-11)9-13(3)19)20-15-6-5-12(2)16(18)10-15/h4-8,10,13H,9,19H2,1-3H3. The molecule has 2 N–H and O–H groups in total. The van der Waals surface area contributed by atoms with E-state index < -0.39 is 0 Å². The molecule has 0 aliphatic rings. The van der Waals surface area contributed by atoms with Crippen molar-refractivity contribution in [1.82, 2.24) is 0 Å². The highest BCUT2D eigenvalue weighted by molar-refractivity contribution is 5.41. The van der Waals surface area contributed by atoms with Crippen LogP contribution in [0.3, 0.4) is 0 Å². The average Bonchev–Trinajstić information content (AvgIpc) is 2.36. The number of aryl methyl sites for hydroxylation is 2. The summed E-state index contributed by atoms with van der Waals surface area (Å²) in [6, 6.07) is 10.9. The van der Waals surface area contributed by atoms with Crippen LogP contribution < -0.4 is 10.5 Å². The number of hydrogen-bond acceptors (Lipinski definition) is 2. The number of ether oxygens (including phenoxy) is 1. The van der Waals surface area contributed by atoms with E-state index in [9.17, 15) is 4.39 Å². The molecule has 2 aromatic rings. The quantitative estimate of drug-likeness (QED) is 0.909. The van der Waals surface area contributed by atoms with Crippen LogP contribution in [0.15, 0.2) is 36.4 Å². The zero-order valence-corrected chi connectivity index (χ0v) is 12.1. The molecular formula is C17H20FNO. The van der Waals surface area contributed by atoms with Gasteiger partial charge in [-0.15, -0.1) is 0 Å². The van der Waals surface area contributed by atoms with Crippen LogP contribution in [-0.4, -0.2) is 6.04 Å². The molecule has 0 radical (unpaired) electrons. The van der Waals surface area contributed by atoms with E-state index >= 15 is 0 Å². The van der Waals surface area contributed by atoms with Gasteiger partial charge in [-0.25, -0.2) is 4.39 Å². The number of nitrogens with two attached hydrogens (primary N) is 1. The first-order chi connectivity index (χ1) is 9.45. The fourth-order valence-electron chi connectivity index (χ4n) is 2.08. The van der Waals surface area contributed by atoms with Crippen LogP contribution in [0, 0.1) is 19.7 Å². The van der Waals surface area contributed by atoms with Crippen molar-refractivity contribution >= 4 is 0 Å². The summed E-state index contributed by atoms with van der Waals surface area (Å²) in [4.78, 5) is 0. The highest BCUT2D eigenvalue weighted by atomic mass is 19.1. The number of hydrogen-bond donors (Lipinski definition) is 1. The summed E-state index contributed by atoms with van der Waals surface area (Å²) in [6.07, 6.45) is 0.728. The summed E-state index contributed by atoms with van der Waals surface area (Å²) in [5.41, 5.74) is 8.67. The molecule has 20 heavy (non-hydrogen) atoms. The maximum atomic E-state index is 13.6. The molecule has 0 fully saturated rings. The van der Waals surface area contributed by atoms with Crippen molar-refractivity contribution in [3.8, 4) is 11.5 Å². The predicted octanol–water partition coefficient (Wildman–Crippen LogP) is 4.12. The Hall–Kier alpha value is -1.87. The van der Waals surface area contributed by atoms with Crippen LogP contribution >= 0.6 is 0 Å². The third-order valence-corrected chi connectivity index (χ3v) is 3.13. The van der Waals surface area contributed by atoms with E-state index in [0.717, 1.165) is 23.3 Å². The molecule has 0 saturated carbocycles. The SMILES string of the molecule is Cc1ccc(Oc2ccc(C)c(F)c2)c(CC(C)N)c1. The summed E-state index contributed by atoms with van der Waals surface area (Å²) in [5, 5.41) is 0. The first-order valence-electron chi connectivity index (χ1n) is 6.75. The molecule has 0 heterocycles. The maximum absolute atomic E-state index is 13.6. The van der Waals surface area contributed by atoms with Crippen LogP contribution in [-0.2, 0) is 6.42 Å². The molecule has 1 unspecified atom stereocenters. The molecule has 106 valence electrons. The molecule has 2 nitrogen and oxygen atoms in total. The third kappa shape index (κ3) is 3.58. The third-order valence-electron chi connectivity index (χ3n) is 3.13. The summed E-state index contributed by atoms with van der Waals surface area (Å²) in [6.45, 7) is 5.71. The zero-order chi connectivity index (χ0) is 14.7. The summed E-state index contributed by atoms with van der Waals surface area (Å²) < 4.78 is 19.4. The number of rotatable bonds is 4. The molecule has 0 amide bonds. The molecular weight excluding hydrogens is 253 g/mol. The summed E-state index contributed by atoms with van der Waals surface area (Å²) in [5.74, 6) is 0.974. The van der Waals surface area contributed by atoms with Crippen molar-refractivity contribution in [3.63, 3.8) is 0 Å². The molecule has 1 atom stereocenters. The largest absolute Gasteiger partial charge is 0.457 e. The molecule has 2 aromatic carbocycles. The second-order valence-electron chi connectivity index (χ2n) is 5.31.